The van der Waals surface area contributed by atoms with Gasteiger partial charge in [-0.15, -0.1) is 5.10 Å². The molecule has 1 aliphatic heterocycles. The molecule has 0 radical (unpaired) electrons. The Kier molecular flexibility index (Phi) is 3.13. The van der Waals surface area contributed by atoms with E-state index in [1.807, 2.05) is 12.1 Å². The molecule has 5 heteroatoms. The molecule has 2 aliphatic rings. The fourth-order valence-electron chi connectivity index (χ4n) is 2.52. The molecule has 18 heavy (non-hydrogen) atoms. The van der Waals surface area contributed by atoms with Crippen molar-refractivity contribution in [2.24, 2.45) is 5.92 Å². The van der Waals surface area contributed by atoms with Crippen molar-refractivity contribution >= 4 is 11.7 Å². The second-order valence-electron chi connectivity index (χ2n) is 5.15. The maximum absolute atomic E-state index is 12.1. The summed E-state index contributed by atoms with van der Waals surface area (Å²) in [5.41, 5.74) is 0. The van der Waals surface area contributed by atoms with Gasteiger partial charge in [-0.1, -0.05) is 0 Å². The molecule has 0 aromatic carbocycles. The van der Waals surface area contributed by atoms with E-state index in [-0.39, 0.29) is 11.8 Å². The van der Waals surface area contributed by atoms with Gasteiger partial charge >= 0.3 is 0 Å². The first kappa shape index (κ1) is 11.4. The second-order valence-corrected chi connectivity index (χ2v) is 5.15. The van der Waals surface area contributed by atoms with E-state index < -0.39 is 0 Å². The molecule has 1 saturated carbocycles. The number of nitrogens with zero attached hydrogens (tertiary/aromatic N) is 3. The van der Waals surface area contributed by atoms with Gasteiger partial charge in [-0.05, 0) is 37.8 Å². The molecular weight excluding hydrogens is 228 g/mol. The van der Waals surface area contributed by atoms with Crippen LogP contribution in [0.2, 0.25) is 0 Å². The predicted octanol–water partition coefficient (Wildman–Crippen LogP) is 0.972. The number of hydrogen-bond acceptors (Lipinski definition) is 4. The van der Waals surface area contributed by atoms with Crippen LogP contribution in [0.1, 0.15) is 25.7 Å². The highest BCUT2D eigenvalue weighted by molar-refractivity contribution is 5.80. The van der Waals surface area contributed by atoms with Crippen molar-refractivity contribution in [3.8, 4) is 0 Å². The number of rotatable bonds is 3. The highest BCUT2D eigenvalue weighted by atomic mass is 16.2. The molecule has 1 aliphatic carbocycles. The Morgan fingerprint density at radius 2 is 2.28 bits per heavy atom. The molecule has 0 spiro atoms. The van der Waals surface area contributed by atoms with Gasteiger partial charge in [0.2, 0.25) is 5.91 Å². The first-order valence-corrected chi connectivity index (χ1v) is 6.66. The molecule has 1 N–H and O–H groups in total. The molecular formula is C13H18N4O. The summed E-state index contributed by atoms with van der Waals surface area (Å²) in [5.74, 6) is 1.19. The van der Waals surface area contributed by atoms with Crippen LogP contribution >= 0.6 is 0 Å². The number of aromatic nitrogens is 2. The van der Waals surface area contributed by atoms with Gasteiger partial charge in [0.1, 0.15) is 0 Å². The minimum absolute atomic E-state index is 0.104. The predicted molar refractivity (Wildman–Crippen MR) is 68.1 cm³/mol. The zero-order valence-electron chi connectivity index (χ0n) is 10.4. The van der Waals surface area contributed by atoms with Crippen molar-refractivity contribution in [3.05, 3.63) is 18.3 Å². The zero-order chi connectivity index (χ0) is 12.4. The van der Waals surface area contributed by atoms with Crippen molar-refractivity contribution in [1.82, 2.24) is 15.5 Å². The van der Waals surface area contributed by atoms with Crippen LogP contribution in [-0.4, -0.2) is 35.2 Å². The van der Waals surface area contributed by atoms with E-state index in [0.717, 1.165) is 38.2 Å². The number of anilines is 1. The van der Waals surface area contributed by atoms with E-state index >= 15 is 0 Å². The Hall–Kier alpha value is -1.65. The third-order valence-electron chi connectivity index (χ3n) is 3.89. The van der Waals surface area contributed by atoms with Gasteiger partial charge in [-0.3, -0.25) is 4.79 Å². The van der Waals surface area contributed by atoms with Crippen LogP contribution in [0.3, 0.4) is 0 Å². The number of hydrogen-bond donors (Lipinski definition) is 1. The minimum Gasteiger partial charge on any atom is -0.354 e. The smallest absolute Gasteiger partial charge is 0.225 e. The SMILES string of the molecule is O=C(NC1CCC1)C1CCN(c2cccnn2)C1. The van der Waals surface area contributed by atoms with Gasteiger partial charge < -0.3 is 10.2 Å². The maximum atomic E-state index is 12.1. The Morgan fingerprint density at radius 1 is 1.39 bits per heavy atom. The average Bonchev–Trinajstić information content (AvgIpc) is 2.84. The first-order valence-electron chi connectivity index (χ1n) is 6.66. The molecule has 1 atom stereocenters. The van der Waals surface area contributed by atoms with Crippen LogP contribution < -0.4 is 10.2 Å². The van der Waals surface area contributed by atoms with Crippen LogP contribution in [0.4, 0.5) is 5.82 Å². The minimum atomic E-state index is 0.104. The Morgan fingerprint density at radius 3 is 2.94 bits per heavy atom. The van der Waals surface area contributed by atoms with Crippen LogP contribution in [0.15, 0.2) is 18.3 Å². The summed E-state index contributed by atoms with van der Waals surface area (Å²) in [6.45, 7) is 1.65. The molecule has 2 fully saturated rings. The van der Waals surface area contributed by atoms with Crippen molar-refractivity contribution in [3.63, 3.8) is 0 Å². The number of amides is 1. The summed E-state index contributed by atoms with van der Waals surface area (Å²) in [7, 11) is 0. The standard InChI is InChI=1S/C13H18N4O/c18-13(15-11-3-1-4-11)10-6-8-17(9-10)12-5-2-7-14-16-12/h2,5,7,10-11H,1,3-4,6,8-9H2,(H,15,18). The molecule has 1 amide bonds. The lowest BCUT2D eigenvalue weighted by Gasteiger charge is -2.27. The van der Waals surface area contributed by atoms with Crippen LogP contribution in [-0.2, 0) is 4.79 Å². The van der Waals surface area contributed by atoms with Gasteiger partial charge in [0.25, 0.3) is 0 Å². The molecule has 1 unspecified atom stereocenters. The third-order valence-corrected chi connectivity index (χ3v) is 3.89. The van der Waals surface area contributed by atoms with Crippen molar-refractivity contribution in [2.45, 2.75) is 31.7 Å². The van der Waals surface area contributed by atoms with Crippen molar-refractivity contribution in [1.29, 1.82) is 0 Å². The summed E-state index contributed by atoms with van der Waals surface area (Å²) in [4.78, 5) is 14.2. The fraction of sp³-hybridized carbons (Fsp3) is 0.615. The summed E-state index contributed by atoms with van der Waals surface area (Å²) in [5, 5.41) is 11.1. The molecule has 1 aromatic heterocycles. The quantitative estimate of drug-likeness (QED) is 0.863. The average molecular weight is 246 g/mol. The summed E-state index contributed by atoms with van der Waals surface area (Å²) in [6.07, 6.45) is 6.12. The fourth-order valence-corrected chi connectivity index (χ4v) is 2.52. The topological polar surface area (TPSA) is 58.1 Å². The summed E-state index contributed by atoms with van der Waals surface area (Å²) in [6, 6.07) is 4.26. The Labute approximate surface area is 107 Å². The molecule has 3 rings (SSSR count). The van der Waals surface area contributed by atoms with E-state index in [0.29, 0.717) is 6.04 Å². The van der Waals surface area contributed by atoms with Crippen LogP contribution in [0.25, 0.3) is 0 Å². The van der Waals surface area contributed by atoms with E-state index in [1.54, 1.807) is 6.20 Å². The largest absolute Gasteiger partial charge is 0.354 e. The number of carbonyl (C=O) groups excluding carboxylic acids is 1. The van der Waals surface area contributed by atoms with Crippen molar-refractivity contribution < 1.29 is 4.79 Å². The summed E-state index contributed by atoms with van der Waals surface area (Å²) >= 11 is 0. The van der Waals surface area contributed by atoms with Crippen molar-refractivity contribution in [2.75, 3.05) is 18.0 Å². The molecule has 2 heterocycles. The Bertz CT molecular complexity index is 418. The van der Waals surface area contributed by atoms with E-state index in [4.69, 9.17) is 0 Å². The van der Waals surface area contributed by atoms with Gasteiger partial charge in [0.05, 0.1) is 5.92 Å². The lowest BCUT2D eigenvalue weighted by Crippen LogP contribution is -2.43. The molecule has 96 valence electrons. The lowest BCUT2D eigenvalue weighted by atomic mass is 9.92. The van der Waals surface area contributed by atoms with Crippen LogP contribution in [0, 0.1) is 5.92 Å². The van der Waals surface area contributed by atoms with E-state index in [2.05, 4.69) is 20.4 Å². The molecule has 0 bridgehead atoms. The monoisotopic (exact) mass is 246 g/mol. The highest BCUT2D eigenvalue weighted by Gasteiger charge is 2.31. The highest BCUT2D eigenvalue weighted by Crippen LogP contribution is 2.23. The zero-order valence-corrected chi connectivity index (χ0v) is 10.4. The van der Waals surface area contributed by atoms with Gasteiger partial charge in [-0.2, -0.15) is 5.10 Å². The van der Waals surface area contributed by atoms with Gasteiger partial charge in [0.15, 0.2) is 5.82 Å². The van der Waals surface area contributed by atoms with E-state index in [1.165, 1.54) is 6.42 Å². The third kappa shape index (κ3) is 2.30. The number of nitrogens with one attached hydrogen (secondary N) is 1. The van der Waals surface area contributed by atoms with Crippen LogP contribution in [0.5, 0.6) is 0 Å². The molecule has 5 nitrogen and oxygen atoms in total. The normalized spacial score (nSPS) is 23.8. The molecule has 1 aromatic rings. The van der Waals surface area contributed by atoms with Gasteiger partial charge in [0, 0.05) is 25.3 Å². The Balaban J connectivity index is 1.56. The van der Waals surface area contributed by atoms with E-state index in [9.17, 15) is 4.79 Å². The molecule has 1 saturated heterocycles. The second kappa shape index (κ2) is 4.92. The number of carbonyl (C=O) groups is 1. The summed E-state index contributed by atoms with van der Waals surface area (Å²) < 4.78 is 0. The maximum Gasteiger partial charge on any atom is 0.225 e. The lowest BCUT2D eigenvalue weighted by molar-refractivity contribution is -0.125. The van der Waals surface area contributed by atoms with Gasteiger partial charge in [-0.25, -0.2) is 0 Å². The first-order chi connectivity index (χ1) is 8.83.